The summed E-state index contributed by atoms with van der Waals surface area (Å²) in [6, 6.07) is 10.3. The zero-order valence-electron chi connectivity index (χ0n) is 14.0. The number of ether oxygens (including phenoxy) is 1. The summed E-state index contributed by atoms with van der Waals surface area (Å²) in [6.45, 7) is 13.6. The van der Waals surface area contributed by atoms with Gasteiger partial charge in [-0.15, -0.1) is 0 Å². The summed E-state index contributed by atoms with van der Waals surface area (Å²) in [6.07, 6.45) is 0. The average molecular weight is 373 g/mol. The van der Waals surface area contributed by atoms with Gasteiger partial charge in [0, 0.05) is 17.9 Å². The summed E-state index contributed by atoms with van der Waals surface area (Å²) in [7, 11) is -1.66. The highest BCUT2D eigenvalue weighted by Gasteiger charge is 2.37. The Balaban J connectivity index is 2.35. The van der Waals surface area contributed by atoms with E-state index in [1.165, 1.54) is 5.56 Å². The van der Waals surface area contributed by atoms with Crippen LogP contribution in [-0.4, -0.2) is 26.9 Å². The van der Waals surface area contributed by atoms with Gasteiger partial charge in [-0.2, -0.15) is 0 Å². The van der Waals surface area contributed by atoms with Crippen LogP contribution in [0.25, 0.3) is 0 Å². The van der Waals surface area contributed by atoms with Gasteiger partial charge in [0.15, 0.2) is 8.32 Å². The molecule has 1 unspecified atom stereocenters. The third-order valence-corrected chi connectivity index (χ3v) is 9.59. The number of alkyl halides is 1. The van der Waals surface area contributed by atoms with Gasteiger partial charge in [0.1, 0.15) is 0 Å². The predicted molar refractivity (Wildman–Crippen MR) is 96.5 cm³/mol. The topological polar surface area (TPSA) is 18.5 Å². The number of hydrogen-bond acceptors (Lipinski definition) is 2. The molecule has 0 spiro atoms. The van der Waals surface area contributed by atoms with Crippen molar-refractivity contribution in [2.24, 2.45) is 5.92 Å². The lowest BCUT2D eigenvalue weighted by Crippen LogP contribution is -2.42. The first-order valence-corrected chi connectivity index (χ1v) is 11.6. The molecule has 0 saturated carbocycles. The van der Waals surface area contributed by atoms with Gasteiger partial charge in [0.05, 0.1) is 13.2 Å². The Morgan fingerprint density at radius 2 is 1.71 bits per heavy atom. The lowest BCUT2D eigenvalue weighted by Gasteiger charge is -2.37. The fraction of sp³-hybridized carbons (Fsp3) is 0.647. The fourth-order valence-electron chi connectivity index (χ4n) is 1.60. The van der Waals surface area contributed by atoms with Crippen molar-refractivity contribution in [3.8, 4) is 0 Å². The zero-order chi connectivity index (χ0) is 15.9. The minimum absolute atomic E-state index is 0.259. The normalized spacial score (nSPS) is 14.2. The fourth-order valence-corrected chi connectivity index (χ4v) is 3.06. The molecule has 0 saturated heterocycles. The summed E-state index contributed by atoms with van der Waals surface area (Å²) >= 11 is 3.58. The van der Waals surface area contributed by atoms with E-state index < -0.39 is 8.32 Å². The summed E-state index contributed by atoms with van der Waals surface area (Å²) < 4.78 is 12.1. The van der Waals surface area contributed by atoms with Crippen molar-refractivity contribution in [1.82, 2.24) is 0 Å². The molecule has 0 heterocycles. The molecule has 120 valence electrons. The van der Waals surface area contributed by atoms with E-state index in [4.69, 9.17) is 9.16 Å². The van der Waals surface area contributed by atoms with Crippen LogP contribution >= 0.6 is 15.9 Å². The lowest BCUT2D eigenvalue weighted by molar-refractivity contribution is 0.0736. The van der Waals surface area contributed by atoms with Crippen LogP contribution in [-0.2, 0) is 15.8 Å². The van der Waals surface area contributed by atoms with Crippen molar-refractivity contribution in [2.75, 3.05) is 18.5 Å². The maximum Gasteiger partial charge on any atom is 0.191 e. The Kier molecular flexibility index (Phi) is 7.61. The van der Waals surface area contributed by atoms with Crippen LogP contribution in [0.2, 0.25) is 18.1 Å². The standard InChI is InChI=1S/C17H29BrO2Si/c1-17(2,3)21(4,5)20-14-16(11-18)13-19-12-15-9-7-6-8-10-15/h6-10,16H,11-14H2,1-5H3. The maximum atomic E-state index is 6.28. The molecule has 21 heavy (non-hydrogen) atoms. The second-order valence-electron chi connectivity index (χ2n) is 7.09. The Morgan fingerprint density at radius 3 is 2.24 bits per heavy atom. The van der Waals surface area contributed by atoms with E-state index in [2.05, 4.69) is 61.9 Å². The van der Waals surface area contributed by atoms with Crippen molar-refractivity contribution < 1.29 is 9.16 Å². The third kappa shape index (κ3) is 6.64. The second kappa shape index (κ2) is 8.46. The molecule has 0 fully saturated rings. The van der Waals surface area contributed by atoms with Crippen LogP contribution in [0.15, 0.2) is 30.3 Å². The van der Waals surface area contributed by atoms with E-state index in [0.29, 0.717) is 12.5 Å². The van der Waals surface area contributed by atoms with E-state index in [-0.39, 0.29) is 5.04 Å². The minimum atomic E-state index is -1.66. The van der Waals surface area contributed by atoms with Crippen molar-refractivity contribution in [3.63, 3.8) is 0 Å². The quantitative estimate of drug-likeness (QED) is 0.459. The van der Waals surface area contributed by atoms with Crippen LogP contribution in [0.5, 0.6) is 0 Å². The molecule has 1 rings (SSSR count). The van der Waals surface area contributed by atoms with E-state index >= 15 is 0 Å². The highest BCUT2D eigenvalue weighted by atomic mass is 79.9. The molecule has 4 heteroatoms. The molecule has 1 atom stereocenters. The molecule has 0 bridgehead atoms. The minimum Gasteiger partial charge on any atom is -0.416 e. The largest absolute Gasteiger partial charge is 0.416 e. The third-order valence-electron chi connectivity index (χ3n) is 4.17. The van der Waals surface area contributed by atoms with Gasteiger partial charge in [-0.25, -0.2) is 0 Å². The molecular weight excluding hydrogens is 344 g/mol. The van der Waals surface area contributed by atoms with E-state index in [0.717, 1.165) is 18.5 Å². The Hall–Kier alpha value is -0.163. The SMILES string of the molecule is CC(C)(C)[Si](C)(C)OCC(CBr)COCc1ccccc1. The van der Waals surface area contributed by atoms with Crippen molar-refractivity contribution in [2.45, 2.75) is 45.5 Å². The molecule has 2 nitrogen and oxygen atoms in total. The van der Waals surface area contributed by atoms with Crippen molar-refractivity contribution in [3.05, 3.63) is 35.9 Å². The van der Waals surface area contributed by atoms with Gasteiger partial charge in [0.25, 0.3) is 0 Å². The molecule has 1 aromatic carbocycles. The van der Waals surface area contributed by atoms with Crippen molar-refractivity contribution in [1.29, 1.82) is 0 Å². The number of rotatable bonds is 8. The molecule has 0 aliphatic rings. The zero-order valence-corrected chi connectivity index (χ0v) is 16.6. The Bertz CT molecular complexity index is 401. The van der Waals surface area contributed by atoms with Crippen LogP contribution in [0, 0.1) is 5.92 Å². The van der Waals surface area contributed by atoms with Gasteiger partial charge in [-0.3, -0.25) is 0 Å². The Morgan fingerprint density at radius 1 is 1.10 bits per heavy atom. The molecule has 0 N–H and O–H groups in total. The van der Waals surface area contributed by atoms with Crippen LogP contribution < -0.4 is 0 Å². The molecule has 0 aliphatic heterocycles. The molecular formula is C17H29BrO2Si. The van der Waals surface area contributed by atoms with E-state index in [1.807, 2.05) is 18.2 Å². The molecule has 0 aliphatic carbocycles. The van der Waals surface area contributed by atoms with Gasteiger partial charge in [0.2, 0.25) is 0 Å². The van der Waals surface area contributed by atoms with Gasteiger partial charge < -0.3 is 9.16 Å². The average Bonchev–Trinajstić information content (AvgIpc) is 2.42. The summed E-state index contributed by atoms with van der Waals surface area (Å²) in [5.41, 5.74) is 1.22. The van der Waals surface area contributed by atoms with Crippen LogP contribution in [0.4, 0.5) is 0 Å². The molecule has 0 amide bonds. The summed E-state index contributed by atoms with van der Waals surface area (Å²) in [5.74, 6) is 0.405. The van der Waals surface area contributed by atoms with Crippen molar-refractivity contribution >= 4 is 24.2 Å². The first kappa shape index (κ1) is 18.9. The van der Waals surface area contributed by atoms with E-state index in [9.17, 15) is 0 Å². The number of halogens is 1. The summed E-state index contributed by atoms with van der Waals surface area (Å²) in [4.78, 5) is 0. The number of benzene rings is 1. The molecule has 0 radical (unpaired) electrons. The monoisotopic (exact) mass is 372 g/mol. The molecule has 1 aromatic rings. The first-order valence-electron chi connectivity index (χ1n) is 7.58. The Labute approximate surface area is 139 Å². The van der Waals surface area contributed by atoms with Gasteiger partial charge >= 0.3 is 0 Å². The maximum absolute atomic E-state index is 6.28. The highest BCUT2D eigenvalue weighted by molar-refractivity contribution is 9.09. The van der Waals surface area contributed by atoms with Gasteiger partial charge in [-0.05, 0) is 23.7 Å². The molecule has 0 aromatic heterocycles. The predicted octanol–water partition coefficient (Wildman–Crippen LogP) is 5.24. The highest BCUT2D eigenvalue weighted by Crippen LogP contribution is 2.36. The van der Waals surface area contributed by atoms with Crippen LogP contribution in [0.1, 0.15) is 26.3 Å². The van der Waals surface area contributed by atoms with Crippen LogP contribution in [0.3, 0.4) is 0 Å². The first-order chi connectivity index (χ1) is 9.76. The smallest absolute Gasteiger partial charge is 0.191 e. The van der Waals surface area contributed by atoms with E-state index in [1.54, 1.807) is 0 Å². The lowest BCUT2D eigenvalue weighted by atomic mass is 10.2. The second-order valence-corrected chi connectivity index (χ2v) is 12.5. The summed E-state index contributed by atoms with van der Waals surface area (Å²) in [5, 5.41) is 1.17. The van der Waals surface area contributed by atoms with Gasteiger partial charge in [-0.1, -0.05) is 67.0 Å². The number of hydrogen-bond donors (Lipinski definition) is 0.